The van der Waals surface area contributed by atoms with Crippen LogP contribution in [0.1, 0.15) is 25.0 Å². The normalized spacial score (nSPS) is 10.6. The monoisotopic (exact) mass is 383 g/mol. The molecule has 0 aliphatic heterocycles. The fourth-order valence-corrected chi connectivity index (χ4v) is 2.72. The molecule has 0 unspecified atom stereocenters. The predicted octanol–water partition coefficient (Wildman–Crippen LogP) is 2.24. The zero-order valence-corrected chi connectivity index (χ0v) is 17.0. The molecule has 0 spiro atoms. The maximum Gasteiger partial charge on any atom is 0.313 e. The summed E-state index contributed by atoms with van der Waals surface area (Å²) in [6.07, 6.45) is 1.68. The highest BCUT2D eigenvalue weighted by molar-refractivity contribution is 6.39. The van der Waals surface area contributed by atoms with Crippen molar-refractivity contribution in [1.29, 1.82) is 0 Å². The Morgan fingerprint density at radius 2 is 1.75 bits per heavy atom. The first-order chi connectivity index (χ1) is 13.4. The molecule has 7 nitrogen and oxygen atoms in total. The summed E-state index contributed by atoms with van der Waals surface area (Å²) in [7, 11) is 3.79. The highest BCUT2D eigenvalue weighted by atomic mass is 16.2. The molecule has 0 aliphatic carbocycles. The van der Waals surface area contributed by atoms with E-state index in [0.29, 0.717) is 5.69 Å². The van der Waals surface area contributed by atoms with Crippen LogP contribution >= 0.6 is 0 Å². The van der Waals surface area contributed by atoms with Gasteiger partial charge in [0, 0.05) is 39.1 Å². The van der Waals surface area contributed by atoms with Gasteiger partial charge < -0.3 is 15.5 Å². The highest BCUT2D eigenvalue weighted by Gasteiger charge is 2.14. The molecule has 1 aromatic heterocycles. The number of amides is 2. The van der Waals surface area contributed by atoms with Crippen LogP contribution in [0.5, 0.6) is 0 Å². The molecule has 0 bridgehead atoms. The Kier molecular flexibility index (Phi) is 7.95. The number of carbonyl (C=O) groups excluding carboxylic acids is 2. The van der Waals surface area contributed by atoms with E-state index >= 15 is 0 Å². The van der Waals surface area contributed by atoms with Gasteiger partial charge in [0.2, 0.25) is 0 Å². The summed E-state index contributed by atoms with van der Waals surface area (Å²) in [5.41, 5.74) is 2.58. The van der Waals surface area contributed by atoms with E-state index in [1.165, 1.54) is 0 Å². The van der Waals surface area contributed by atoms with E-state index < -0.39 is 11.8 Å². The second-order valence-corrected chi connectivity index (χ2v) is 6.72. The van der Waals surface area contributed by atoms with Crippen molar-refractivity contribution in [2.45, 2.75) is 26.9 Å². The zero-order chi connectivity index (χ0) is 20.5. The predicted molar refractivity (Wildman–Crippen MR) is 112 cm³/mol. The maximum absolute atomic E-state index is 12.2. The molecule has 2 amide bonds. The minimum atomic E-state index is -0.679. The van der Waals surface area contributed by atoms with Gasteiger partial charge in [-0.1, -0.05) is 26.0 Å². The van der Waals surface area contributed by atoms with E-state index in [-0.39, 0.29) is 6.54 Å². The van der Waals surface area contributed by atoms with Crippen LogP contribution in [0, 0.1) is 0 Å². The molecule has 28 heavy (non-hydrogen) atoms. The van der Waals surface area contributed by atoms with E-state index in [1.807, 2.05) is 49.3 Å². The lowest BCUT2D eigenvalue weighted by atomic mass is 10.2. The van der Waals surface area contributed by atoms with Crippen LogP contribution in [0.2, 0.25) is 0 Å². The van der Waals surface area contributed by atoms with E-state index in [4.69, 9.17) is 0 Å². The number of pyridine rings is 1. The molecule has 0 radical (unpaired) electrons. The summed E-state index contributed by atoms with van der Waals surface area (Å²) in [6.45, 7) is 7.21. The molecule has 7 heteroatoms. The van der Waals surface area contributed by atoms with Crippen LogP contribution < -0.4 is 15.5 Å². The third-order valence-electron chi connectivity index (χ3n) is 4.41. The average molecular weight is 383 g/mol. The SMILES string of the molecule is CCN(CC)Cc1cccc(NC(=O)C(=O)NCc2ccnc(N(C)C)c2)c1. The van der Waals surface area contributed by atoms with Crippen LogP contribution in [0.4, 0.5) is 11.5 Å². The van der Waals surface area contributed by atoms with Crippen molar-refractivity contribution in [3.63, 3.8) is 0 Å². The lowest BCUT2D eigenvalue weighted by Gasteiger charge is -2.18. The first-order valence-corrected chi connectivity index (χ1v) is 9.45. The molecular weight excluding hydrogens is 354 g/mol. The van der Waals surface area contributed by atoms with Gasteiger partial charge in [-0.25, -0.2) is 4.98 Å². The standard InChI is InChI=1S/C21H29N5O2/c1-5-26(6-2)15-17-8-7-9-18(12-17)24-21(28)20(27)23-14-16-10-11-22-19(13-16)25(3)4/h7-13H,5-6,14-15H2,1-4H3,(H,23,27)(H,24,28). The Bertz CT molecular complexity index is 803. The second-order valence-electron chi connectivity index (χ2n) is 6.72. The van der Waals surface area contributed by atoms with E-state index in [2.05, 4.69) is 34.4 Å². The van der Waals surface area contributed by atoms with Crippen LogP contribution in [0.25, 0.3) is 0 Å². The Balaban J connectivity index is 1.92. The Morgan fingerprint density at radius 1 is 1.00 bits per heavy atom. The number of carbonyl (C=O) groups is 2. The van der Waals surface area contributed by atoms with Crippen molar-refractivity contribution in [2.75, 3.05) is 37.4 Å². The minimum Gasteiger partial charge on any atom is -0.363 e. The Morgan fingerprint density at radius 3 is 2.43 bits per heavy atom. The van der Waals surface area contributed by atoms with Crippen molar-refractivity contribution < 1.29 is 9.59 Å². The van der Waals surface area contributed by atoms with E-state index in [9.17, 15) is 9.59 Å². The van der Waals surface area contributed by atoms with Gasteiger partial charge in [-0.05, 0) is 48.5 Å². The molecule has 0 aliphatic rings. The summed E-state index contributed by atoms with van der Waals surface area (Å²) in [5, 5.41) is 5.31. The quantitative estimate of drug-likeness (QED) is 0.684. The second kappa shape index (κ2) is 10.4. The van der Waals surface area contributed by atoms with Crippen molar-refractivity contribution in [2.24, 2.45) is 0 Å². The van der Waals surface area contributed by atoms with Crippen LogP contribution in [-0.2, 0) is 22.7 Å². The van der Waals surface area contributed by atoms with Gasteiger partial charge in [-0.15, -0.1) is 0 Å². The van der Waals surface area contributed by atoms with Gasteiger partial charge in [0.25, 0.3) is 0 Å². The van der Waals surface area contributed by atoms with Crippen molar-refractivity contribution in [3.05, 3.63) is 53.7 Å². The molecule has 1 heterocycles. The molecule has 0 saturated heterocycles. The lowest BCUT2D eigenvalue weighted by molar-refractivity contribution is -0.136. The molecule has 1 aromatic carbocycles. The molecule has 0 saturated carbocycles. The third kappa shape index (κ3) is 6.35. The largest absolute Gasteiger partial charge is 0.363 e. The molecule has 0 fully saturated rings. The number of nitrogens with one attached hydrogen (secondary N) is 2. The molecule has 2 aromatic rings. The first kappa shape index (κ1) is 21.4. The van der Waals surface area contributed by atoms with Crippen LogP contribution in [0.3, 0.4) is 0 Å². The molecule has 0 atom stereocenters. The van der Waals surface area contributed by atoms with Gasteiger partial charge in [-0.2, -0.15) is 0 Å². The summed E-state index contributed by atoms with van der Waals surface area (Å²) >= 11 is 0. The number of rotatable bonds is 8. The number of nitrogens with zero attached hydrogens (tertiary/aromatic N) is 3. The lowest BCUT2D eigenvalue weighted by Crippen LogP contribution is -2.35. The van der Waals surface area contributed by atoms with Gasteiger partial charge >= 0.3 is 11.8 Å². The van der Waals surface area contributed by atoms with Gasteiger partial charge in [0.05, 0.1) is 0 Å². The van der Waals surface area contributed by atoms with Gasteiger partial charge in [0.15, 0.2) is 0 Å². The van der Waals surface area contributed by atoms with Crippen LogP contribution in [0.15, 0.2) is 42.6 Å². The van der Waals surface area contributed by atoms with Crippen molar-refractivity contribution in [1.82, 2.24) is 15.2 Å². The summed E-state index contributed by atoms with van der Waals surface area (Å²) in [6, 6.07) is 11.3. The number of hydrogen-bond acceptors (Lipinski definition) is 5. The Hall–Kier alpha value is -2.93. The van der Waals surface area contributed by atoms with Gasteiger partial charge in [-0.3, -0.25) is 14.5 Å². The highest BCUT2D eigenvalue weighted by Crippen LogP contribution is 2.13. The number of hydrogen-bond donors (Lipinski definition) is 2. The summed E-state index contributed by atoms with van der Waals surface area (Å²) in [5.74, 6) is -0.555. The maximum atomic E-state index is 12.2. The summed E-state index contributed by atoms with van der Waals surface area (Å²) < 4.78 is 0. The third-order valence-corrected chi connectivity index (χ3v) is 4.41. The van der Waals surface area contributed by atoms with Crippen LogP contribution in [-0.4, -0.2) is 48.9 Å². The van der Waals surface area contributed by atoms with E-state index in [1.54, 1.807) is 12.3 Å². The van der Waals surface area contributed by atoms with Crippen molar-refractivity contribution in [3.8, 4) is 0 Å². The first-order valence-electron chi connectivity index (χ1n) is 9.45. The number of aromatic nitrogens is 1. The fourth-order valence-electron chi connectivity index (χ4n) is 2.72. The fraction of sp³-hybridized carbons (Fsp3) is 0.381. The summed E-state index contributed by atoms with van der Waals surface area (Å²) in [4.78, 5) is 32.7. The molecule has 150 valence electrons. The minimum absolute atomic E-state index is 0.262. The molecule has 2 N–H and O–H groups in total. The smallest absolute Gasteiger partial charge is 0.313 e. The zero-order valence-electron chi connectivity index (χ0n) is 17.0. The van der Waals surface area contributed by atoms with Crippen molar-refractivity contribution >= 4 is 23.3 Å². The van der Waals surface area contributed by atoms with E-state index in [0.717, 1.165) is 36.6 Å². The van der Waals surface area contributed by atoms with Gasteiger partial charge in [0.1, 0.15) is 5.82 Å². The molecular formula is C21H29N5O2. The topological polar surface area (TPSA) is 77.6 Å². The average Bonchev–Trinajstić information content (AvgIpc) is 2.70. The number of anilines is 2. The molecule has 2 rings (SSSR count). The Labute approximate surface area is 166 Å². The number of benzene rings is 1.